The number of sulfone groups is 1. The number of rotatable bonds is 6. The van der Waals surface area contributed by atoms with Crippen LogP contribution in [-0.4, -0.2) is 13.4 Å². The van der Waals surface area contributed by atoms with Crippen molar-refractivity contribution in [3.8, 4) is 0 Å². The van der Waals surface area contributed by atoms with Gasteiger partial charge in [0, 0.05) is 6.42 Å². The average Bonchev–Trinajstić information content (AvgIpc) is 3.41. The van der Waals surface area contributed by atoms with Crippen LogP contribution in [0, 0.1) is 0 Å². The lowest BCUT2D eigenvalue weighted by molar-refractivity contribution is 0.280. The third-order valence-electron chi connectivity index (χ3n) is 5.42. The molecule has 1 heterocycles. The predicted octanol–water partition coefficient (Wildman–Crippen LogP) is 4.74. The molecule has 27 heavy (non-hydrogen) atoms. The average molecular weight is 378 g/mol. The fraction of sp³-hybridized carbons (Fsp3) is 0.217. The maximum Gasteiger partial charge on any atom is 0.211 e. The summed E-state index contributed by atoms with van der Waals surface area (Å²) in [4.78, 5) is -1.01. The first-order chi connectivity index (χ1) is 13.1. The van der Waals surface area contributed by atoms with Gasteiger partial charge < -0.3 is 4.74 Å². The van der Waals surface area contributed by atoms with Crippen LogP contribution < -0.4 is 0 Å². The maximum absolute atomic E-state index is 13.7. The normalized spacial score (nSPS) is 24.5. The molecular formula is C23H22O3S. The summed E-state index contributed by atoms with van der Waals surface area (Å²) >= 11 is 0. The van der Waals surface area contributed by atoms with Crippen LogP contribution in [0.15, 0.2) is 95.9 Å². The lowest BCUT2D eigenvalue weighted by Gasteiger charge is -2.20. The molecule has 1 aliphatic rings. The summed E-state index contributed by atoms with van der Waals surface area (Å²) in [5.41, 5.74) is 1.00. The van der Waals surface area contributed by atoms with Gasteiger partial charge in [-0.1, -0.05) is 85.8 Å². The van der Waals surface area contributed by atoms with Crippen molar-refractivity contribution in [1.82, 2.24) is 0 Å². The van der Waals surface area contributed by atoms with E-state index >= 15 is 0 Å². The van der Waals surface area contributed by atoms with Gasteiger partial charge in [0.15, 0.2) is 0 Å². The molecule has 0 saturated carbocycles. The van der Waals surface area contributed by atoms with E-state index < -0.39 is 20.4 Å². The Balaban J connectivity index is 1.88. The van der Waals surface area contributed by atoms with Gasteiger partial charge in [0.1, 0.15) is 5.60 Å². The van der Waals surface area contributed by atoms with Crippen molar-refractivity contribution in [2.24, 2.45) is 0 Å². The molecule has 4 heteroatoms. The fourth-order valence-corrected chi connectivity index (χ4v) is 6.19. The van der Waals surface area contributed by atoms with Gasteiger partial charge in [-0.15, -0.1) is 0 Å². The number of epoxide rings is 1. The zero-order valence-corrected chi connectivity index (χ0v) is 16.0. The quantitative estimate of drug-likeness (QED) is 0.582. The van der Waals surface area contributed by atoms with Crippen LogP contribution >= 0.6 is 0 Å². The first-order valence-electron chi connectivity index (χ1n) is 9.15. The highest BCUT2D eigenvalue weighted by Gasteiger charge is 2.77. The molecule has 2 atom stereocenters. The highest BCUT2D eigenvalue weighted by Crippen LogP contribution is 2.63. The van der Waals surface area contributed by atoms with Crippen molar-refractivity contribution in [3.63, 3.8) is 0 Å². The van der Waals surface area contributed by atoms with Crippen molar-refractivity contribution in [2.45, 2.75) is 35.2 Å². The van der Waals surface area contributed by atoms with Crippen molar-refractivity contribution in [2.75, 3.05) is 0 Å². The highest BCUT2D eigenvalue weighted by atomic mass is 32.2. The molecule has 0 N–H and O–H groups in total. The molecule has 0 radical (unpaired) electrons. The van der Waals surface area contributed by atoms with E-state index in [0.717, 1.165) is 11.1 Å². The van der Waals surface area contributed by atoms with E-state index in [0.29, 0.717) is 17.7 Å². The topological polar surface area (TPSA) is 46.7 Å². The Morgan fingerprint density at radius 2 is 1.30 bits per heavy atom. The zero-order chi connectivity index (χ0) is 19.0. The summed E-state index contributed by atoms with van der Waals surface area (Å²) in [6.45, 7) is 1.99. The molecule has 138 valence electrons. The van der Waals surface area contributed by atoms with Crippen molar-refractivity contribution >= 4 is 9.84 Å². The van der Waals surface area contributed by atoms with Crippen LogP contribution in [0.25, 0.3) is 0 Å². The van der Waals surface area contributed by atoms with E-state index in [1.807, 2.05) is 73.7 Å². The summed E-state index contributed by atoms with van der Waals surface area (Å²) < 4.78 is 33.7. The van der Waals surface area contributed by atoms with Crippen LogP contribution in [-0.2, 0) is 26.6 Å². The van der Waals surface area contributed by atoms with Gasteiger partial charge in [0.05, 0.1) is 4.90 Å². The molecule has 4 rings (SSSR count). The summed E-state index contributed by atoms with van der Waals surface area (Å²) in [6, 6.07) is 28.0. The van der Waals surface area contributed by atoms with E-state index in [-0.39, 0.29) is 0 Å². The van der Waals surface area contributed by atoms with Crippen LogP contribution in [0.3, 0.4) is 0 Å². The molecule has 0 aromatic heterocycles. The first kappa shape index (κ1) is 18.0. The van der Waals surface area contributed by atoms with Gasteiger partial charge in [0.25, 0.3) is 0 Å². The monoisotopic (exact) mass is 378 g/mol. The van der Waals surface area contributed by atoms with E-state index in [1.54, 1.807) is 24.3 Å². The van der Waals surface area contributed by atoms with E-state index in [4.69, 9.17) is 4.74 Å². The third kappa shape index (κ3) is 2.71. The Labute approximate surface area is 160 Å². The molecule has 3 aromatic rings. The van der Waals surface area contributed by atoms with E-state index in [9.17, 15) is 8.42 Å². The van der Waals surface area contributed by atoms with Crippen molar-refractivity contribution < 1.29 is 13.2 Å². The summed E-state index contributed by atoms with van der Waals surface area (Å²) in [5.74, 6) is 0. The van der Waals surface area contributed by atoms with Crippen LogP contribution in [0.1, 0.15) is 24.5 Å². The summed E-state index contributed by atoms with van der Waals surface area (Å²) in [5, 5.41) is 0. The lowest BCUT2D eigenvalue weighted by Crippen LogP contribution is -2.35. The molecule has 1 fully saturated rings. The maximum atomic E-state index is 13.7. The van der Waals surface area contributed by atoms with E-state index in [1.165, 1.54) is 0 Å². The molecule has 0 aliphatic carbocycles. The van der Waals surface area contributed by atoms with Crippen molar-refractivity contribution in [3.05, 3.63) is 102 Å². The zero-order valence-electron chi connectivity index (χ0n) is 15.2. The molecule has 0 spiro atoms. The van der Waals surface area contributed by atoms with Gasteiger partial charge in [0.2, 0.25) is 14.8 Å². The minimum Gasteiger partial charge on any atom is -0.340 e. The molecule has 1 saturated heterocycles. The fourth-order valence-electron chi connectivity index (χ4n) is 3.99. The van der Waals surface area contributed by atoms with E-state index in [2.05, 4.69) is 0 Å². The van der Waals surface area contributed by atoms with Gasteiger partial charge in [-0.2, -0.15) is 0 Å². The molecule has 3 aromatic carbocycles. The Morgan fingerprint density at radius 1 is 0.778 bits per heavy atom. The molecule has 0 bridgehead atoms. The number of hydrogen-bond acceptors (Lipinski definition) is 3. The number of hydrogen-bond donors (Lipinski definition) is 0. The number of benzene rings is 3. The Bertz CT molecular complexity index is 1020. The smallest absolute Gasteiger partial charge is 0.211 e. The lowest BCUT2D eigenvalue weighted by atomic mass is 9.89. The Kier molecular flexibility index (Phi) is 4.41. The second-order valence-electron chi connectivity index (χ2n) is 6.88. The predicted molar refractivity (Wildman–Crippen MR) is 106 cm³/mol. The summed E-state index contributed by atoms with van der Waals surface area (Å²) in [7, 11) is -3.72. The molecular weight excluding hydrogens is 356 g/mol. The van der Waals surface area contributed by atoms with Crippen LogP contribution in [0.5, 0.6) is 0 Å². The van der Waals surface area contributed by atoms with Crippen molar-refractivity contribution in [1.29, 1.82) is 0 Å². The first-order valence-corrected chi connectivity index (χ1v) is 10.6. The molecule has 0 amide bonds. The molecule has 2 unspecified atom stereocenters. The third-order valence-corrected chi connectivity index (χ3v) is 7.74. The minimum atomic E-state index is -3.72. The Morgan fingerprint density at radius 3 is 1.85 bits per heavy atom. The van der Waals surface area contributed by atoms with Gasteiger partial charge >= 0.3 is 0 Å². The minimum absolute atomic E-state index is 0.298. The largest absolute Gasteiger partial charge is 0.340 e. The molecule has 3 nitrogen and oxygen atoms in total. The SMILES string of the molecule is CCC1(c2ccccc2)OC1(Cc1ccccc1)S(=O)(=O)c1ccccc1. The Hall–Kier alpha value is -2.43. The highest BCUT2D eigenvalue weighted by molar-refractivity contribution is 7.93. The molecule has 1 aliphatic heterocycles. The second-order valence-corrected chi connectivity index (χ2v) is 9.02. The van der Waals surface area contributed by atoms with Crippen LogP contribution in [0.4, 0.5) is 0 Å². The second kappa shape index (κ2) is 6.63. The van der Waals surface area contributed by atoms with Gasteiger partial charge in [-0.05, 0) is 29.7 Å². The van der Waals surface area contributed by atoms with Crippen LogP contribution in [0.2, 0.25) is 0 Å². The van der Waals surface area contributed by atoms with Gasteiger partial charge in [-0.25, -0.2) is 8.42 Å². The van der Waals surface area contributed by atoms with Gasteiger partial charge in [-0.3, -0.25) is 0 Å². The summed E-state index contributed by atoms with van der Waals surface area (Å²) in [6.07, 6.45) is 0.893. The standard InChI is InChI=1S/C23H22O3S/c1-2-22(20-14-8-4-9-15-20)23(26-22,18-19-12-6-3-7-13-19)27(24,25)21-16-10-5-11-17-21/h3-17H,2,18H2,1H3. The number of ether oxygens (including phenoxy) is 1.